The highest BCUT2D eigenvalue weighted by atomic mass is 79.9. The number of hydrogen-bond donors (Lipinski definition) is 2. The molecule has 0 radical (unpaired) electrons. The monoisotopic (exact) mass is 323 g/mol. The Labute approximate surface area is 123 Å². The van der Waals surface area contributed by atoms with Crippen LogP contribution in [-0.2, 0) is 0 Å². The quantitative estimate of drug-likeness (QED) is 0.835. The summed E-state index contributed by atoms with van der Waals surface area (Å²) in [4.78, 5) is 1.01. The van der Waals surface area contributed by atoms with Crippen LogP contribution >= 0.6 is 17.0 Å². The van der Waals surface area contributed by atoms with E-state index in [-0.39, 0.29) is 17.0 Å². The van der Waals surface area contributed by atoms with Gasteiger partial charge in [-0.15, -0.1) is 26.9 Å². The van der Waals surface area contributed by atoms with Crippen LogP contribution in [0.4, 0.5) is 0 Å². The second-order valence-electron chi connectivity index (χ2n) is 4.73. The molecule has 0 spiro atoms. The van der Waals surface area contributed by atoms with Gasteiger partial charge in [-0.05, 0) is 31.8 Å². The number of halogens is 1. The van der Waals surface area contributed by atoms with Crippen LogP contribution in [0.1, 0.15) is 24.3 Å². The molecule has 0 bridgehead atoms. The van der Waals surface area contributed by atoms with Crippen LogP contribution in [0, 0.1) is 0 Å². The Morgan fingerprint density at radius 1 is 1.16 bits per heavy atom. The van der Waals surface area contributed by atoms with Crippen LogP contribution < -0.4 is 5.32 Å². The third-order valence-corrected chi connectivity index (χ3v) is 3.61. The van der Waals surface area contributed by atoms with E-state index in [0.29, 0.717) is 5.92 Å². The Hall–Kier alpha value is -1.33. The minimum atomic E-state index is 0. The highest BCUT2D eigenvalue weighted by Gasteiger charge is 2.22. The van der Waals surface area contributed by atoms with Crippen LogP contribution in [-0.4, -0.2) is 28.2 Å². The number of nitrogens with one attached hydrogen (secondary N) is 1. The lowest BCUT2D eigenvalue weighted by Crippen LogP contribution is -2.26. The maximum Gasteiger partial charge on any atom is 0.113 e. The second kappa shape index (κ2) is 6.21. The molecule has 0 amide bonds. The third kappa shape index (κ3) is 2.82. The number of hydrogen-bond acceptors (Lipinski definition) is 3. The number of nitrogens with zero attached hydrogens (tertiary/aromatic N) is 2. The van der Waals surface area contributed by atoms with Crippen molar-refractivity contribution in [3.63, 3.8) is 0 Å². The molecule has 1 aliphatic heterocycles. The summed E-state index contributed by atoms with van der Waals surface area (Å²) in [6.45, 7) is 2.07. The zero-order valence-corrected chi connectivity index (χ0v) is 12.3. The number of aromatic nitrogens is 2. The number of benzene rings is 1. The predicted octanol–water partition coefficient (Wildman–Crippen LogP) is 2.83. The van der Waals surface area contributed by atoms with Gasteiger partial charge in [-0.3, -0.25) is 0 Å². The molecule has 0 saturated carbocycles. The second-order valence-corrected chi connectivity index (χ2v) is 4.73. The topological polar surface area (TPSA) is 50.1 Å². The Morgan fingerprint density at radius 2 is 1.84 bits per heavy atom. The van der Waals surface area contributed by atoms with Crippen molar-refractivity contribution in [2.24, 2.45) is 0 Å². The molecule has 0 atom stereocenters. The van der Waals surface area contributed by atoms with E-state index >= 15 is 0 Å². The van der Waals surface area contributed by atoms with Crippen molar-refractivity contribution in [1.82, 2.24) is 15.3 Å². The zero-order valence-electron chi connectivity index (χ0n) is 10.6. The largest absolute Gasteiger partial charge is 0.411 e. The van der Waals surface area contributed by atoms with Crippen molar-refractivity contribution in [2.45, 2.75) is 18.8 Å². The van der Waals surface area contributed by atoms with Gasteiger partial charge in [-0.1, -0.05) is 30.3 Å². The summed E-state index contributed by atoms with van der Waals surface area (Å²) in [5.74, 6) is 0.488. The Kier molecular flexibility index (Phi) is 4.61. The van der Waals surface area contributed by atoms with Crippen molar-refractivity contribution < 1.29 is 5.21 Å². The molecular weight excluding hydrogens is 306 g/mol. The first-order chi connectivity index (χ1) is 8.86. The van der Waals surface area contributed by atoms with Gasteiger partial charge < -0.3 is 10.5 Å². The average Bonchev–Trinajstić information content (AvgIpc) is 2.83. The molecule has 102 valence electrons. The lowest BCUT2D eigenvalue weighted by molar-refractivity contribution is 0.153. The molecule has 2 heterocycles. The van der Waals surface area contributed by atoms with E-state index in [1.54, 1.807) is 6.20 Å². The minimum absolute atomic E-state index is 0. The fourth-order valence-corrected chi connectivity index (χ4v) is 2.66. The first kappa shape index (κ1) is 14.1. The van der Waals surface area contributed by atoms with Gasteiger partial charge in [0, 0.05) is 11.1 Å². The first-order valence-electron chi connectivity index (χ1n) is 6.39. The first-order valence-corrected chi connectivity index (χ1v) is 6.39. The van der Waals surface area contributed by atoms with Gasteiger partial charge in [-0.25, -0.2) is 0 Å². The van der Waals surface area contributed by atoms with Gasteiger partial charge in [0.25, 0.3) is 0 Å². The smallest absolute Gasteiger partial charge is 0.113 e. The summed E-state index contributed by atoms with van der Waals surface area (Å²) < 4.78 is 0. The predicted molar refractivity (Wildman–Crippen MR) is 80.0 cm³/mol. The van der Waals surface area contributed by atoms with Crippen LogP contribution in [0.3, 0.4) is 0 Å². The molecule has 1 aromatic heterocycles. The van der Waals surface area contributed by atoms with Crippen LogP contribution in [0.15, 0.2) is 36.5 Å². The molecule has 1 fully saturated rings. The number of piperidine rings is 1. The van der Waals surface area contributed by atoms with E-state index in [4.69, 9.17) is 0 Å². The molecule has 3 rings (SSSR count). The van der Waals surface area contributed by atoms with Crippen LogP contribution in [0.5, 0.6) is 0 Å². The summed E-state index contributed by atoms with van der Waals surface area (Å²) in [7, 11) is 0. The molecule has 4 nitrogen and oxygen atoms in total. The fraction of sp³-hybridized carbons (Fsp3) is 0.357. The summed E-state index contributed by atoms with van der Waals surface area (Å²) in [6, 6.07) is 9.96. The standard InChI is InChI=1S/C14H17N3O.BrH/c18-17-14(12-4-2-1-3-5-12)13(10-16-17)11-6-8-15-9-7-11;/h1-5,10-11,15,18H,6-9H2;1H. The lowest BCUT2D eigenvalue weighted by atomic mass is 9.89. The molecule has 2 N–H and O–H groups in total. The molecule has 1 saturated heterocycles. The summed E-state index contributed by atoms with van der Waals surface area (Å²) >= 11 is 0. The van der Waals surface area contributed by atoms with Crippen molar-refractivity contribution >= 4 is 17.0 Å². The molecule has 2 aromatic rings. The van der Waals surface area contributed by atoms with Gasteiger partial charge >= 0.3 is 0 Å². The number of rotatable bonds is 2. The summed E-state index contributed by atoms with van der Waals surface area (Å²) in [5, 5.41) is 17.3. The normalized spacial score (nSPS) is 16.0. The molecule has 1 aromatic carbocycles. The van der Waals surface area contributed by atoms with E-state index < -0.39 is 0 Å². The average molecular weight is 324 g/mol. The Balaban J connectivity index is 0.00000133. The van der Waals surface area contributed by atoms with Crippen LogP contribution in [0.2, 0.25) is 0 Å². The molecular formula is C14H18BrN3O. The highest BCUT2D eigenvalue weighted by molar-refractivity contribution is 8.93. The van der Waals surface area contributed by atoms with E-state index in [1.807, 2.05) is 30.3 Å². The fourth-order valence-electron chi connectivity index (χ4n) is 2.66. The SMILES string of the molecule is Br.On1ncc(C2CCNCC2)c1-c1ccccc1. The summed E-state index contributed by atoms with van der Waals surface area (Å²) in [6.07, 6.45) is 4.01. The van der Waals surface area contributed by atoms with E-state index in [9.17, 15) is 5.21 Å². The Bertz CT molecular complexity index is 521. The van der Waals surface area contributed by atoms with Gasteiger partial charge in [0.2, 0.25) is 0 Å². The minimum Gasteiger partial charge on any atom is -0.411 e. The third-order valence-electron chi connectivity index (χ3n) is 3.61. The lowest BCUT2D eigenvalue weighted by Gasteiger charge is -2.22. The maximum absolute atomic E-state index is 9.91. The van der Waals surface area contributed by atoms with Gasteiger partial charge in [0.15, 0.2) is 0 Å². The maximum atomic E-state index is 9.91. The Morgan fingerprint density at radius 3 is 2.53 bits per heavy atom. The van der Waals surface area contributed by atoms with Crippen molar-refractivity contribution in [1.29, 1.82) is 0 Å². The van der Waals surface area contributed by atoms with Gasteiger partial charge in [0.1, 0.15) is 5.69 Å². The zero-order chi connectivity index (χ0) is 12.4. The highest BCUT2D eigenvalue weighted by Crippen LogP contribution is 2.33. The van der Waals surface area contributed by atoms with E-state index in [1.165, 1.54) is 0 Å². The molecule has 19 heavy (non-hydrogen) atoms. The molecule has 1 aliphatic rings. The molecule has 0 unspecified atom stereocenters. The van der Waals surface area contributed by atoms with E-state index in [2.05, 4.69) is 10.4 Å². The summed E-state index contributed by atoms with van der Waals surface area (Å²) in [5.41, 5.74) is 3.01. The van der Waals surface area contributed by atoms with Crippen molar-refractivity contribution in [2.75, 3.05) is 13.1 Å². The molecule has 5 heteroatoms. The molecule has 0 aliphatic carbocycles. The van der Waals surface area contributed by atoms with Gasteiger partial charge in [-0.2, -0.15) is 0 Å². The van der Waals surface area contributed by atoms with Crippen molar-refractivity contribution in [3.8, 4) is 11.3 Å². The van der Waals surface area contributed by atoms with E-state index in [0.717, 1.165) is 47.6 Å². The van der Waals surface area contributed by atoms with Crippen molar-refractivity contribution in [3.05, 3.63) is 42.1 Å². The van der Waals surface area contributed by atoms with Crippen LogP contribution in [0.25, 0.3) is 11.3 Å². The van der Waals surface area contributed by atoms with Gasteiger partial charge in [0.05, 0.1) is 6.20 Å².